The number of rotatable bonds is 6. The number of hydrogen-bond acceptors (Lipinski definition) is 7. The van der Waals surface area contributed by atoms with E-state index in [-0.39, 0.29) is 19.6 Å². The topological polar surface area (TPSA) is 103 Å². The first-order chi connectivity index (χ1) is 10.8. The molecule has 0 saturated carbocycles. The normalized spacial score (nSPS) is 22.6. The molecule has 0 unspecified atom stereocenters. The Labute approximate surface area is 131 Å². The van der Waals surface area contributed by atoms with Crippen molar-refractivity contribution in [3.63, 3.8) is 0 Å². The molecule has 0 spiro atoms. The molecule has 0 radical (unpaired) electrons. The summed E-state index contributed by atoms with van der Waals surface area (Å²) in [6.45, 7) is 3.72. The van der Waals surface area contributed by atoms with Crippen LogP contribution in [0.15, 0.2) is 15.8 Å². The van der Waals surface area contributed by atoms with E-state index >= 15 is 0 Å². The molecule has 9 nitrogen and oxygen atoms in total. The minimum absolute atomic E-state index is 0.0686. The van der Waals surface area contributed by atoms with Crippen molar-refractivity contribution in [3.8, 4) is 0 Å². The fourth-order valence-corrected chi connectivity index (χ4v) is 4.40. The lowest BCUT2D eigenvalue weighted by Crippen LogP contribution is -2.34. The molecule has 1 saturated heterocycles. The Morgan fingerprint density at radius 2 is 2.00 bits per heavy atom. The minimum Gasteiger partial charge on any atom is -0.308 e. The predicted molar refractivity (Wildman–Crippen MR) is 78.4 cm³/mol. The molecule has 1 N–H and O–H groups in total. The number of nitrogens with zero attached hydrogens (tertiary/aromatic N) is 2. The molecule has 1 aliphatic heterocycles. The first-order valence-corrected chi connectivity index (χ1v) is 8.73. The first-order valence-electron chi connectivity index (χ1n) is 7.11. The third kappa shape index (κ3) is 3.61. The fraction of sp³-hybridized carbons (Fsp3) is 0.667. The Morgan fingerprint density at radius 3 is 2.57 bits per heavy atom. The summed E-state index contributed by atoms with van der Waals surface area (Å²) in [5.41, 5.74) is -1.93. The number of halogens is 1. The largest absolute Gasteiger partial charge is 0.350 e. The Hall–Kier alpha value is -1.32. The van der Waals surface area contributed by atoms with Gasteiger partial charge in [-0.05, 0) is 13.8 Å². The van der Waals surface area contributed by atoms with E-state index in [9.17, 15) is 18.5 Å². The highest BCUT2D eigenvalue weighted by atomic mass is 31.2. The second-order valence-electron chi connectivity index (χ2n) is 4.84. The summed E-state index contributed by atoms with van der Waals surface area (Å²) in [6.07, 6.45) is -0.105. The van der Waals surface area contributed by atoms with E-state index in [0.29, 0.717) is 0 Å². The van der Waals surface area contributed by atoms with E-state index in [0.717, 1.165) is 10.8 Å². The summed E-state index contributed by atoms with van der Waals surface area (Å²) in [5.74, 6) is -1.87. The molecule has 0 aromatic carbocycles. The van der Waals surface area contributed by atoms with Crippen LogP contribution >= 0.6 is 7.60 Å². The SMILES string of the molecule is CCOP(=O)(OCC)[C@H]1C[C@H](n2cc(F)c(=O)[nH]c2=O)ON1C. The van der Waals surface area contributed by atoms with E-state index in [4.69, 9.17) is 13.9 Å². The predicted octanol–water partition coefficient (Wildman–Crippen LogP) is 1.03. The standard InChI is InChI=1S/C12H19FN3O6P/c1-4-20-23(19,21-5-2)10-6-9(22-15(10)3)16-7-8(13)11(17)14-12(16)18/h7,9-10H,4-6H2,1-3H3,(H,14,17,18)/t9-,10+/m1/s1. The van der Waals surface area contributed by atoms with Crippen molar-refractivity contribution < 1.29 is 22.8 Å². The Morgan fingerprint density at radius 1 is 1.39 bits per heavy atom. The van der Waals surface area contributed by atoms with Crippen LogP contribution in [0.3, 0.4) is 0 Å². The third-order valence-corrected chi connectivity index (χ3v) is 5.84. The lowest BCUT2D eigenvalue weighted by molar-refractivity contribution is -0.160. The summed E-state index contributed by atoms with van der Waals surface area (Å²) in [5, 5.41) is 1.27. The highest BCUT2D eigenvalue weighted by molar-refractivity contribution is 7.54. The van der Waals surface area contributed by atoms with E-state index in [1.165, 1.54) is 12.1 Å². The lowest BCUT2D eigenvalue weighted by atomic mass is 10.4. The maximum atomic E-state index is 13.4. The van der Waals surface area contributed by atoms with E-state index in [2.05, 4.69) is 0 Å². The van der Waals surface area contributed by atoms with Crippen LogP contribution < -0.4 is 11.2 Å². The molecular weight excluding hydrogens is 332 g/mol. The number of H-pyrrole nitrogens is 1. The summed E-state index contributed by atoms with van der Waals surface area (Å²) in [4.78, 5) is 30.2. The zero-order valence-corrected chi connectivity index (χ0v) is 13.9. The number of nitrogens with one attached hydrogen (secondary N) is 1. The van der Waals surface area contributed by atoms with Gasteiger partial charge in [0.2, 0.25) is 5.82 Å². The van der Waals surface area contributed by atoms with Crippen LogP contribution in [0.25, 0.3) is 0 Å². The van der Waals surface area contributed by atoms with Crippen LogP contribution in [-0.4, -0.2) is 40.7 Å². The highest BCUT2D eigenvalue weighted by Crippen LogP contribution is 2.58. The van der Waals surface area contributed by atoms with Crippen molar-refractivity contribution in [2.75, 3.05) is 20.3 Å². The third-order valence-electron chi connectivity index (χ3n) is 3.34. The van der Waals surface area contributed by atoms with Gasteiger partial charge in [0.05, 0.1) is 19.4 Å². The van der Waals surface area contributed by atoms with Crippen LogP contribution in [0, 0.1) is 5.82 Å². The molecule has 130 valence electrons. The molecule has 2 heterocycles. The zero-order chi connectivity index (χ0) is 17.2. The van der Waals surface area contributed by atoms with E-state index in [1.807, 2.05) is 4.98 Å². The van der Waals surface area contributed by atoms with Gasteiger partial charge in [0.25, 0.3) is 5.56 Å². The van der Waals surface area contributed by atoms with E-state index in [1.54, 1.807) is 13.8 Å². The Bertz CT molecular complexity index is 709. The maximum Gasteiger partial charge on any atom is 0.350 e. The summed E-state index contributed by atoms with van der Waals surface area (Å²) >= 11 is 0. The molecule has 1 aromatic rings. The first kappa shape index (κ1) is 18.0. The molecule has 0 aliphatic carbocycles. The summed E-state index contributed by atoms with van der Waals surface area (Å²) < 4.78 is 37.7. The number of hydroxylamine groups is 2. The summed E-state index contributed by atoms with van der Waals surface area (Å²) in [7, 11) is -1.98. The smallest absolute Gasteiger partial charge is 0.308 e. The van der Waals surface area contributed by atoms with Gasteiger partial charge in [-0.1, -0.05) is 0 Å². The molecule has 1 aliphatic rings. The average molecular weight is 351 g/mol. The van der Waals surface area contributed by atoms with Gasteiger partial charge in [-0.3, -0.25) is 23.7 Å². The molecular formula is C12H19FN3O6P. The molecule has 11 heteroatoms. The van der Waals surface area contributed by atoms with E-state index < -0.39 is 36.7 Å². The van der Waals surface area contributed by atoms with Gasteiger partial charge in [-0.25, -0.2) is 4.79 Å². The van der Waals surface area contributed by atoms with Crippen LogP contribution in [0.4, 0.5) is 4.39 Å². The van der Waals surface area contributed by atoms with Gasteiger partial charge in [0.1, 0.15) is 5.78 Å². The van der Waals surface area contributed by atoms with Crippen molar-refractivity contribution in [3.05, 3.63) is 32.9 Å². The van der Waals surface area contributed by atoms with Crippen molar-refractivity contribution in [1.29, 1.82) is 0 Å². The fourth-order valence-electron chi connectivity index (χ4n) is 2.37. The molecule has 23 heavy (non-hydrogen) atoms. The van der Waals surface area contributed by atoms with Gasteiger partial charge < -0.3 is 9.05 Å². The van der Waals surface area contributed by atoms with Crippen molar-refractivity contribution in [2.24, 2.45) is 0 Å². The van der Waals surface area contributed by atoms with Crippen LogP contribution in [0.1, 0.15) is 26.5 Å². The second-order valence-corrected chi connectivity index (χ2v) is 7.03. The maximum absolute atomic E-state index is 13.4. The van der Waals surface area contributed by atoms with Crippen LogP contribution in [-0.2, 0) is 18.5 Å². The van der Waals surface area contributed by atoms with Crippen LogP contribution in [0.2, 0.25) is 0 Å². The molecule has 2 atom stereocenters. The zero-order valence-electron chi connectivity index (χ0n) is 13.0. The molecule has 1 fully saturated rings. The quantitative estimate of drug-likeness (QED) is 0.764. The molecule has 2 rings (SSSR count). The van der Waals surface area contributed by atoms with Gasteiger partial charge in [-0.2, -0.15) is 9.45 Å². The molecule has 0 amide bonds. The molecule has 0 bridgehead atoms. The second kappa shape index (κ2) is 7.06. The lowest BCUT2D eigenvalue weighted by Gasteiger charge is -2.25. The monoisotopic (exact) mass is 351 g/mol. The van der Waals surface area contributed by atoms with Gasteiger partial charge >= 0.3 is 13.3 Å². The highest BCUT2D eigenvalue weighted by Gasteiger charge is 2.46. The Kier molecular flexibility index (Phi) is 5.53. The number of aromatic nitrogens is 2. The van der Waals surface area contributed by atoms with Crippen molar-refractivity contribution in [2.45, 2.75) is 32.3 Å². The van der Waals surface area contributed by atoms with Gasteiger partial charge in [0, 0.05) is 13.5 Å². The summed E-state index contributed by atoms with van der Waals surface area (Å²) in [6, 6.07) is 0. The molecule has 1 aromatic heterocycles. The van der Waals surface area contributed by atoms with Crippen molar-refractivity contribution >= 4 is 7.60 Å². The number of aromatic amines is 1. The average Bonchev–Trinajstić information content (AvgIpc) is 2.86. The van der Waals surface area contributed by atoms with Gasteiger partial charge in [-0.15, -0.1) is 0 Å². The Balaban J connectivity index is 2.31. The number of hydrogen-bond donors (Lipinski definition) is 1. The van der Waals surface area contributed by atoms with Gasteiger partial charge in [0.15, 0.2) is 6.23 Å². The van der Waals surface area contributed by atoms with Crippen LogP contribution in [0.5, 0.6) is 0 Å². The van der Waals surface area contributed by atoms with Crippen molar-refractivity contribution in [1.82, 2.24) is 14.6 Å². The minimum atomic E-state index is -3.50.